The van der Waals surface area contributed by atoms with Crippen LogP contribution in [0.5, 0.6) is 0 Å². The lowest BCUT2D eigenvalue weighted by molar-refractivity contribution is -0.121. The lowest BCUT2D eigenvalue weighted by Gasteiger charge is -2.08. The van der Waals surface area contributed by atoms with Crippen LogP contribution in [-0.2, 0) is 11.3 Å². The van der Waals surface area contributed by atoms with E-state index in [-0.39, 0.29) is 5.91 Å². The first-order valence-electron chi connectivity index (χ1n) is 6.29. The minimum Gasteiger partial charge on any atom is -0.354 e. The van der Waals surface area contributed by atoms with Crippen molar-refractivity contribution in [2.24, 2.45) is 0 Å². The summed E-state index contributed by atoms with van der Waals surface area (Å²) >= 11 is 0. The number of nitrogens with one attached hydrogen (secondary N) is 2. The molecule has 0 unspecified atom stereocenters. The molecule has 0 aliphatic heterocycles. The molecule has 1 aromatic rings. The Hall–Kier alpha value is -1.29. The molecule has 0 aliphatic rings. The van der Waals surface area contributed by atoms with Gasteiger partial charge in [-0.2, -0.15) is 0 Å². The van der Waals surface area contributed by atoms with Crippen molar-refractivity contribution in [1.82, 2.24) is 15.2 Å². The van der Waals surface area contributed by atoms with Crippen LogP contribution in [0.4, 0.5) is 0 Å². The number of rotatable bonds is 8. The molecule has 0 aliphatic carbocycles. The van der Waals surface area contributed by atoms with Crippen molar-refractivity contribution >= 4 is 5.91 Å². The fourth-order valence-corrected chi connectivity index (χ4v) is 1.57. The van der Waals surface area contributed by atoms with Crippen LogP contribution in [0.15, 0.2) is 24.5 Å². The van der Waals surface area contributed by atoms with Crippen LogP contribution in [0.3, 0.4) is 0 Å². The average Bonchev–Trinajstić information content (AvgIpc) is 2.77. The van der Waals surface area contributed by atoms with E-state index in [1.807, 2.05) is 24.5 Å². The Morgan fingerprint density at radius 3 is 2.59 bits per heavy atom. The van der Waals surface area contributed by atoms with Gasteiger partial charge in [0.1, 0.15) is 0 Å². The van der Waals surface area contributed by atoms with Crippen LogP contribution in [0.25, 0.3) is 0 Å². The zero-order valence-corrected chi connectivity index (χ0v) is 10.8. The van der Waals surface area contributed by atoms with Crippen LogP contribution >= 0.6 is 0 Å². The molecule has 0 radical (unpaired) electrons. The lowest BCUT2D eigenvalue weighted by Crippen LogP contribution is -2.29. The third-order valence-electron chi connectivity index (χ3n) is 2.49. The second kappa shape index (κ2) is 7.90. The number of hydrogen-bond acceptors (Lipinski definition) is 2. The summed E-state index contributed by atoms with van der Waals surface area (Å²) in [6.07, 6.45) is 5.50. The highest BCUT2D eigenvalue weighted by molar-refractivity contribution is 5.75. The second-order valence-corrected chi connectivity index (χ2v) is 4.48. The average molecular weight is 237 g/mol. The van der Waals surface area contributed by atoms with Crippen LogP contribution in [-0.4, -0.2) is 29.6 Å². The molecule has 4 heteroatoms. The Morgan fingerprint density at radius 1 is 1.24 bits per heavy atom. The van der Waals surface area contributed by atoms with Crippen molar-refractivity contribution in [3.63, 3.8) is 0 Å². The zero-order valence-electron chi connectivity index (χ0n) is 10.8. The summed E-state index contributed by atoms with van der Waals surface area (Å²) < 4.78 is 2.06. The summed E-state index contributed by atoms with van der Waals surface area (Å²) in [6.45, 7) is 6.66. The molecular weight excluding hydrogens is 214 g/mol. The summed E-state index contributed by atoms with van der Waals surface area (Å²) in [5, 5.41) is 6.22. The molecular formula is C13H23N3O. The first kappa shape index (κ1) is 13.8. The summed E-state index contributed by atoms with van der Waals surface area (Å²) in [5.74, 6) is 0.141. The fraction of sp³-hybridized carbons (Fsp3) is 0.615. The van der Waals surface area contributed by atoms with Gasteiger partial charge in [-0.1, -0.05) is 13.8 Å². The lowest BCUT2D eigenvalue weighted by atomic mass is 10.2. The quantitative estimate of drug-likeness (QED) is 0.671. The van der Waals surface area contributed by atoms with E-state index in [4.69, 9.17) is 0 Å². The third-order valence-corrected chi connectivity index (χ3v) is 2.49. The predicted molar refractivity (Wildman–Crippen MR) is 69.8 cm³/mol. The highest BCUT2D eigenvalue weighted by atomic mass is 16.1. The Bertz CT molecular complexity index is 306. The summed E-state index contributed by atoms with van der Waals surface area (Å²) in [7, 11) is 0. The van der Waals surface area contributed by atoms with Gasteiger partial charge in [0.15, 0.2) is 0 Å². The molecule has 1 heterocycles. The molecule has 0 fully saturated rings. The van der Waals surface area contributed by atoms with Gasteiger partial charge in [0.05, 0.1) is 0 Å². The maximum atomic E-state index is 11.5. The first-order valence-corrected chi connectivity index (χ1v) is 6.29. The Labute approximate surface area is 103 Å². The topological polar surface area (TPSA) is 46.1 Å². The summed E-state index contributed by atoms with van der Waals surface area (Å²) in [5.41, 5.74) is 0. The van der Waals surface area contributed by atoms with Crippen LogP contribution in [0, 0.1) is 0 Å². The van der Waals surface area contributed by atoms with Crippen molar-refractivity contribution in [2.45, 2.75) is 39.3 Å². The van der Waals surface area contributed by atoms with E-state index in [2.05, 4.69) is 29.0 Å². The molecule has 1 rings (SSSR count). The van der Waals surface area contributed by atoms with Crippen molar-refractivity contribution in [3.05, 3.63) is 24.5 Å². The monoisotopic (exact) mass is 237 g/mol. The predicted octanol–water partition coefficient (Wildman–Crippen LogP) is 1.38. The van der Waals surface area contributed by atoms with E-state index in [1.54, 1.807) is 0 Å². The molecule has 2 N–H and O–H groups in total. The van der Waals surface area contributed by atoms with Gasteiger partial charge < -0.3 is 15.2 Å². The van der Waals surface area contributed by atoms with Gasteiger partial charge in [-0.3, -0.25) is 4.79 Å². The van der Waals surface area contributed by atoms with Gasteiger partial charge in [-0.15, -0.1) is 0 Å². The van der Waals surface area contributed by atoms with Crippen molar-refractivity contribution in [1.29, 1.82) is 0 Å². The van der Waals surface area contributed by atoms with Crippen LogP contribution < -0.4 is 10.6 Å². The maximum absolute atomic E-state index is 11.5. The molecule has 17 heavy (non-hydrogen) atoms. The van der Waals surface area contributed by atoms with E-state index >= 15 is 0 Å². The minimum atomic E-state index is 0.141. The summed E-state index contributed by atoms with van der Waals surface area (Å²) in [6, 6.07) is 4.46. The van der Waals surface area contributed by atoms with E-state index in [0.717, 1.165) is 19.5 Å². The molecule has 1 amide bonds. The van der Waals surface area contributed by atoms with Gasteiger partial charge in [-0.25, -0.2) is 0 Å². The molecule has 0 saturated carbocycles. The molecule has 0 saturated heterocycles. The van der Waals surface area contributed by atoms with Gasteiger partial charge in [0, 0.05) is 37.9 Å². The van der Waals surface area contributed by atoms with E-state index in [1.165, 1.54) is 0 Å². The van der Waals surface area contributed by atoms with Crippen molar-refractivity contribution in [2.75, 3.05) is 13.1 Å². The van der Waals surface area contributed by atoms with Gasteiger partial charge >= 0.3 is 0 Å². The number of carbonyl (C=O) groups is 1. The molecule has 1 aromatic heterocycles. The molecule has 0 spiro atoms. The Morgan fingerprint density at radius 2 is 1.94 bits per heavy atom. The highest BCUT2D eigenvalue weighted by Crippen LogP contribution is 1.90. The number of carbonyl (C=O) groups excluding carboxylic acids is 1. The first-order chi connectivity index (χ1) is 8.18. The second-order valence-electron chi connectivity index (χ2n) is 4.48. The van der Waals surface area contributed by atoms with Crippen molar-refractivity contribution in [3.8, 4) is 0 Å². The van der Waals surface area contributed by atoms with Gasteiger partial charge in [0.25, 0.3) is 0 Å². The van der Waals surface area contributed by atoms with E-state index in [0.29, 0.717) is 19.0 Å². The van der Waals surface area contributed by atoms with Crippen LogP contribution in [0.2, 0.25) is 0 Å². The Kier molecular flexibility index (Phi) is 6.40. The smallest absolute Gasteiger partial charge is 0.220 e. The number of hydrogen-bond donors (Lipinski definition) is 2. The number of nitrogens with zero attached hydrogens (tertiary/aromatic N) is 1. The number of amides is 1. The molecule has 4 nitrogen and oxygen atoms in total. The largest absolute Gasteiger partial charge is 0.354 e. The van der Waals surface area contributed by atoms with E-state index < -0.39 is 0 Å². The minimum absolute atomic E-state index is 0.141. The SMILES string of the molecule is CC(C)NCCCC(=O)NCCn1cccc1. The van der Waals surface area contributed by atoms with E-state index in [9.17, 15) is 4.79 Å². The van der Waals surface area contributed by atoms with Gasteiger partial charge in [0.2, 0.25) is 5.91 Å². The normalized spacial score (nSPS) is 10.8. The molecule has 0 bridgehead atoms. The van der Waals surface area contributed by atoms with Crippen LogP contribution in [0.1, 0.15) is 26.7 Å². The fourth-order valence-electron chi connectivity index (χ4n) is 1.57. The number of aromatic nitrogens is 1. The van der Waals surface area contributed by atoms with Gasteiger partial charge in [-0.05, 0) is 25.1 Å². The summed E-state index contributed by atoms with van der Waals surface area (Å²) in [4.78, 5) is 11.5. The maximum Gasteiger partial charge on any atom is 0.220 e. The zero-order chi connectivity index (χ0) is 12.5. The highest BCUT2D eigenvalue weighted by Gasteiger charge is 2.00. The molecule has 0 aromatic carbocycles. The molecule has 96 valence electrons. The van der Waals surface area contributed by atoms with Crippen molar-refractivity contribution < 1.29 is 4.79 Å². The Balaban J connectivity index is 1.98. The third kappa shape index (κ3) is 6.79. The standard InChI is InChI=1S/C13H23N3O/c1-12(2)14-7-5-6-13(17)15-8-11-16-9-3-4-10-16/h3-4,9-10,12,14H,5-8,11H2,1-2H3,(H,15,17). The molecule has 0 atom stereocenters.